The predicted octanol–water partition coefficient (Wildman–Crippen LogP) is 3.77. The van der Waals surface area contributed by atoms with E-state index in [0.29, 0.717) is 37.5 Å². The molecule has 0 radical (unpaired) electrons. The van der Waals surface area contributed by atoms with Crippen molar-refractivity contribution in [2.75, 3.05) is 26.8 Å². The molecule has 0 aromatic heterocycles. The van der Waals surface area contributed by atoms with Crippen LogP contribution in [0.2, 0.25) is 0 Å². The number of fused-ring (bicyclic) bond motifs is 1. The highest BCUT2D eigenvalue weighted by Gasteiger charge is 2.15. The van der Waals surface area contributed by atoms with Crippen molar-refractivity contribution in [2.24, 2.45) is 0 Å². The average molecular weight is 341 g/mol. The van der Waals surface area contributed by atoms with Crippen molar-refractivity contribution in [1.29, 1.82) is 0 Å². The van der Waals surface area contributed by atoms with Crippen LogP contribution in [0.4, 0.5) is 4.39 Å². The number of nitrogens with zero attached hydrogens (tertiary/aromatic N) is 1. The zero-order valence-electron chi connectivity index (χ0n) is 14.1. The molecular formula is C20H20FNO3. The number of hydrogen-bond donors (Lipinski definition) is 0. The molecule has 1 heterocycles. The van der Waals surface area contributed by atoms with Crippen LogP contribution in [0.25, 0.3) is 5.57 Å². The molecule has 2 aromatic carbocycles. The van der Waals surface area contributed by atoms with Crippen LogP contribution < -0.4 is 9.47 Å². The number of halogens is 1. The second-order valence-electron chi connectivity index (χ2n) is 5.95. The third-order valence-electron chi connectivity index (χ3n) is 4.12. The first-order chi connectivity index (χ1) is 12.0. The Morgan fingerprint density at radius 2 is 1.88 bits per heavy atom. The summed E-state index contributed by atoms with van der Waals surface area (Å²) in [5.41, 5.74) is 2.19. The van der Waals surface area contributed by atoms with E-state index >= 15 is 0 Å². The third-order valence-corrected chi connectivity index (χ3v) is 4.12. The van der Waals surface area contributed by atoms with Gasteiger partial charge in [0.05, 0.1) is 0 Å². The quantitative estimate of drug-likeness (QED) is 0.831. The van der Waals surface area contributed by atoms with E-state index in [2.05, 4.69) is 6.58 Å². The Morgan fingerprint density at radius 1 is 1.12 bits per heavy atom. The maximum Gasteiger partial charge on any atom is 0.253 e. The number of hydrogen-bond acceptors (Lipinski definition) is 3. The Labute approximate surface area is 146 Å². The summed E-state index contributed by atoms with van der Waals surface area (Å²) in [7, 11) is 1.70. The highest BCUT2D eigenvalue weighted by atomic mass is 19.1. The second-order valence-corrected chi connectivity index (χ2v) is 5.95. The van der Waals surface area contributed by atoms with Crippen molar-refractivity contribution in [1.82, 2.24) is 4.90 Å². The van der Waals surface area contributed by atoms with Crippen molar-refractivity contribution in [3.05, 3.63) is 66.0 Å². The summed E-state index contributed by atoms with van der Waals surface area (Å²) in [6.45, 7) is 5.68. The molecule has 0 unspecified atom stereocenters. The fourth-order valence-corrected chi connectivity index (χ4v) is 2.65. The maximum atomic E-state index is 13.3. The Morgan fingerprint density at radius 3 is 2.64 bits per heavy atom. The lowest BCUT2D eigenvalue weighted by Crippen LogP contribution is -2.27. The molecule has 0 atom stereocenters. The van der Waals surface area contributed by atoms with Gasteiger partial charge in [0.25, 0.3) is 5.91 Å². The Balaban J connectivity index is 1.61. The van der Waals surface area contributed by atoms with Gasteiger partial charge in [-0.1, -0.05) is 18.7 Å². The van der Waals surface area contributed by atoms with Gasteiger partial charge in [-0.15, -0.1) is 0 Å². The first-order valence-electron chi connectivity index (χ1n) is 8.13. The van der Waals surface area contributed by atoms with Gasteiger partial charge in [0.2, 0.25) is 0 Å². The lowest BCUT2D eigenvalue weighted by molar-refractivity contribution is 0.0797. The number of benzene rings is 2. The molecule has 5 heteroatoms. The molecule has 0 saturated carbocycles. The lowest BCUT2D eigenvalue weighted by atomic mass is 10.0. The van der Waals surface area contributed by atoms with Crippen LogP contribution in [0.3, 0.4) is 0 Å². The van der Waals surface area contributed by atoms with E-state index in [1.807, 2.05) is 18.2 Å². The summed E-state index contributed by atoms with van der Waals surface area (Å²) in [6.07, 6.45) is 0.608. The normalized spacial score (nSPS) is 12.6. The SMILES string of the molecule is C=C(CCN(C)C(=O)c1cccc(F)c1)c1ccc2c(c1)OCCO2. The van der Waals surface area contributed by atoms with Crippen molar-refractivity contribution >= 4 is 11.5 Å². The summed E-state index contributed by atoms with van der Waals surface area (Å²) in [5.74, 6) is 0.824. The Hall–Kier alpha value is -2.82. The third kappa shape index (κ3) is 3.99. The van der Waals surface area contributed by atoms with Crippen LogP contribution in [0.15, 0.2) is 49.0 Å². The summed E-state index contributed by atoms with van der Waals surface area (Å²) >= 11 is 0. The van der Waals surface area contributed by atoms with Gasteiger partial charge in [-0.2, -0.15) is 0 Å². The topological polar surface area (TPSA) is 38.8 Å². The average Bonchev–Trinajstić information content (AvgIpc) is 2.64. The van der Waals surface area contributed by atoms with E-state index in [4.69, 9.17) is 9.47 Å². The van der Waals surface area contributed by atoms with Crippen LogP contribution in [-0.4, -0.2) is 37.6 Å². The molecule has 2 aromatic rings. The van der Waals surface area contributed by atoms with Crippen LogP contribution in [-0.2, 0) is 0 Å². The van der Waals surface area contributed by atoms with E-state index in [9.17, 15) is 9.18 Å². The van der Waals surface area contributed by atoms with Crippen LogP contribution in [0.5, 0.6) is 11.5 Å². The molecule has 0 bridgehead atoms. The molecule has 0 N–H and O–H groups in total. The fraction of sp³-hybridized carbons (Fsp3) is 0.250. The summed E-state index contributed by atoms with van der Waals surface area (Å²) in [6, 6.07) is 11.4. The van der Waals surface area contributed by atoms with Gasteiger partial charge in [-0.05, 0) is 47.9 Å². The monoisotopic (exact) mass is 341 g/mol. The van der Waals surface area contributed by atoms with Gasteiger partial charge >= 0.3 is 0 Å². The molecule has 0 fully saturated rings. The molecule has 1 aliphatic rings. The Kier molecular flexibility index (Phi) is 5.03. The highest BCUT2D eigenvalue weighted by Crippen LogP contribution is 2.33. The molecule has 25 heavy (non-hydrogen) atoms. The summed E-state index contributed by atoms with van der Waals surface area (Å²) in [5, 5.41) is 0. The zero-order valence-corrected chi connectivity index (χ0v) is 14.1. The van der Waals surface area contributed by atoms with Gasteiger partial charge in [-0.3, -0.25) is 4.79 Å². The molecule has 1 amide bonds. The van der Waals surface area contributed by atoms with Crippen molar-refractivity contribution in [3.63, 3.8) is 0 Å². The highest BCUT2D eigenvalue weighted by molar-refractivity contribution is 5.94. The van der Waals surface area contributed by atoms with Gasteiger partial charge < -0.3 is 14.4 Å². The zero-order chi connectivity index (χ0) is 17.8. The number of amides is 1. The first-order valence-corrected chi connectivity index (χ1v) is 8.13. The minimum atomic E-state index is -0.417. The lowest BCUT2D eigenvalue weighted by Gasteiger charge is -2.20. The molecule has 4 nitrogen and oxygen atoms in total. The van der Waals surface area contributed by atoms with E-state index in [0.717, 1.165) is 16.9 Å². The van der Waals surface area contributed by atoms with Gasteiger partial charge in [0, 0.05) is 19.2 Å². The van der Waals surface area contributed by atoms with E-state index in [-0.39, 0.29) is 5.91 Å². The molecule has 3 rings (SSSR count). The Bertz CT molecular complexity index is 803. The minimum absolute atomic E-state index is 0.213. The number of rotatable bonds is 5. The van der Waals surface area contributed by atoms with Gasteiger partial charge in [0.1, 0.15) is 19.0 Å². The van der Waals surface area contributed by atoms with Crippen LogP contribution >= 0.6 is 0 Å². The van der Waals surface area contributed by atoms with E-state index in [1.165, 1.54) is 18.2 Å². The molecule has 0 aliphatic carbocycles. The van der Waals surface area contributed by atoms with Crippen LogP contribution in [0, 0.1) is 5.82 Å². The van der Waals surface area contributed by atoms with E-state index < -0.39 is 5.82 Å². The van der Waals surface area contributed by atoms with Crippen LogP contribution in [0.1, 0.15) is 22.3 Å². The molecule has 130 valence electrons. The number of carbonyl (C=O) groups is 1. The van der Waals surface area contributed by atoms with Crippen molar-refractivity contribution in [2.45, 2.75) is 6.42 Å². The largest absolute Gasteiger partial charge is 0.486 e. The second kappa shape index (κ2) is 7.38. The predicted molar refractivity (Wildman–Crippen MR) is 94.4 cm³/mol. The standard InChI is InChI=1S/C20H20FNO3/c1-14(15-6-7-18-19(13-15)25-11-10-24-18)8-9-22(2)20(23)16-4-3-5-17(21)12-16/h3-7,12-13H,1,8-11H2,2H3. The molecular weight excluding hydrogens is 321 g/mol. The van der Waals surface area contributed by atoms with Gasteiger partial charge in [-0.25, -0.2) is 4.39 Å². The summed E-state index contributed by atoms with van der Waals surface area (Å²) < 4.78 is 24.3. The fourth-order valence-electron chi connectivity index (χ4n) is 2.65. The number of ether oxygens (including phenoxy) is 2. The summed E-state index contributed by atoms with van der Waals surface area (Å²) in [4.78, 5) is 13.9. The number of carbonyl (C=O) groups excluding carboxylic acids is 1. The van der Waals surface area contributed by atoms with Crippen molar-refractivity contribution < 1.29 is 18.7 Å². The van der Waals surface area contributed by atoms with Gasteiger partial charge in [0.15, 0.2) is 11.5 Å². The molecule has 0 spiro atoms. The van der Waals surface area contributed by atoms with Crippen molar-refractivity contribution in [3.8, 4) is 11.5 Å². The first kappa shape index (κ1) is 17.0. The maximum absolute atomic E-state index is 13.3. The minimum Gasteiger partial charge on any atom is -0.486 e. The molecule has 1 aliphatic heterocycles. The van der Waals surface area contributed by atoms with E-state index in [1.54, 1.807) is 18.0 Å². The smallest absolute Gasteiger partial charge is 0.253 e. The molecule has 0 saturated heterocycles.